The van der Waals surface area contributed by atoms with E-state index in [0.717, 1.165) is 11.1 Å². The first kappa shape index (κ1) is 19.2. The third kappa shape index (κ3) is 5.00. The molecule has 0 radical (unpaired) electrons. The first-order chi connectivity index (χ1) is 12.0. The standard InChI is InChI=1S/C20H31F3Si2/c1-2-11-24-12-9-19(10-13-24)25-14-7-17(8-15-25)16-3-5-18(6-4-16)20(21,22)23/h3-6,17,19,24-25H,2,7-15H2,1H3. The van der Waals surface area contributed by atoms with Crippen molar-refractivity contribution in [1.82, 2.24) is 0 Å². The average Bonchev–Trinajstić information content (AvgIpc) is 2.62. The molecule has 0 amide bonds. The average molecular weight is 385 g/mol. The highest BCUT2D eigenvalue weighted by Crippen LogP contribution is 2.43. The topological polar surface area (TPSA) is 0 Å². The third-order valence-electron chi connectivity index (χ3n) is 6.74. The Morgan fingerprint density at radius 2 is 1.52 bits per heavy atom. The van der Waals surface area contributed by atoms with E-state index in [4.69, 9.17) is 0 Å². The summed E-state index contributed by atoms with van der Waals surface area (Å²) in [6.45, 7) is 2.33. The van der Waals surface area contributed by atoms with Crippen molar-refractivity contribution in [2.45, 2.75) is 86.9 Å². The zero-order valence-electron chi connectivity index (χ0n) is 15.3. The fourth-order valence-electron chi connectivity index (χ4n) is 5.22. The minimum absolute atomic E-state index is 0.369. The molecule has 25 heavy (non-hydrogen) atoms. The molecule has 2 aliphatic rings. The minimum atomic E-state index is -4.22. The van der Waals surface area contributed by atoms with Gasteiger partial charge in [-0.2, -0.15) is 13.2 Å². The van der Waals surface area contributed by atoms with Crippen LogP contribution in [-0.2, 0) is 6.18 Å². The van der Waals surface area contributed by atoms with E-state index < -0.39 is 20.5 Å². The van der Waals surface area contributed by atoms with Crippen LogP contribution in [0.5, 0.6) is 0 Å². The van der Waals surface area contributed by atoms with Crippen LogP contribution in [0.25, 0.3) is 0 Å². The normalized spacial score (nSPS) is 31.0. The smallest absolute Gasteiger partial charge is 0.166 e. The van der Waals surface area contributed by atoms with E-state index in [-0.39, 0.29) is 8.80 Å². The number of halogens is 3. The monoisotopic (exact) mass is 384 g/mol. The highest BCUT2D eigenvalue weighted by Gasteiger charge is 2.33. The summed E-state index contributed by atoms with van der Waals surface area (Å²) in [6.07, 6.45) is 2.65. The van der Waals surface area contributed by atoms with Crippen molar-refractivity contribution in [3.05, 3.63) is 35.4 Å². The Bertz CT molecular complexity index is 525. The van der Waals surface area contributed by atoms with Crippen molar-refractivity contribution in [2.75, 3.05) is 0 Å². The molecule has 0 nitrogen and oxygen atoms in total. The summed E-state index contributed by atoms with van der Waals surface area (Å²) >= 11 is 0. The molecule has 0 N–H and O–H groups in total. The molecule has 2 saturated heterocycles. The molecule has 0 spiro atoms. The molecule has 140 valence electrons. The zero-order chi connectivity index (χ0) is 17.9. The molecule has 2 fully saturated rings. The van der Waals surface area contributed by atoms with Crippen LogP contribution in [0.4, 0.5) is 13.2 Å². The van der Waals surface area contributed by atoms with Crippen LogP contribution >= 0.6 is 0 Å². The quantitative estimate of drug-likeness (QED) is 0.512. The number of alkyl halides is 3. The number of hydrogen-bond acceptors (Lipinski definition) is 0. The Morgan fingerprint density at radius 3 is 2.04 bits per heavy atom. The largest absolute Gasteiger partial charge is 0.416 e. The predicted octanol–water partition coefficient (Wildman–Crippen LogP) is 6.61. The van der Waals surface area contributed by atoms with E-state index in [1.165, 1.54) is 56.3 Å². The van der Waals surface area contributed by atoms with Crippen LogP contribution in [0, 0.1) is 0 Å². The van der Waals surface area contributed by atoms with Crippen LogP contribution in [0.2, 0.25) is 35.8 Å². The van der Waals surface area contributed by atoms with Gasteiger partial charge in [0.05, 0.1) is 5.56 Å². The predicted molar refractivity (Wildman–Crippen MR) is 105 cm³/mol. The summed E-state index contributed by atoms with van der Waals surface area (Å²) in [5.74, 6) is 0.497. The van der Waals surface area contributed by atoms with Gasteiger partial charge in [0.2, 0.25) is 0 Å². The molecular weight excluding hydrogens is 353 g/mol. The van der Waals surface area contributed by atoms with Crippen molar-refractivity contribution in [1.29, 1.82) is 0 Å². The lowest BCUT2D eigenvalue weighted by Crippen LogP contribution is -2.30. The molecule has 5 heteroatoms. The molecule has 2 heterocycles. The van der Waals surface area contributed by atoms with Gasteiger partial charge >= 0.3 is 6.18 Å². The lowest BCUT2D eigenvalue weighted by molar-refractivity contribution is -0.137. The molecular formula is C20H31F3Si2. The molecule has 3 rings (SSSR count). The highest BCUT2D eigenvalue weighted by atomic mass is 28.3. The maximum Gasteiger partial charge on any atom is 0.416 e. The van der Waals surface area contributed by atoms with Gasteiger partial charge in [0.15, 0.2) is 0 Å². The zero-order valence-corrected chi connectivity index (χ0v) is 17.6. The molecule has 0 saturated carbocycles. The SMILES string of the molecule is CCC[SiH]1CCC([SiH]2CCC(c3ccc(C(F)(F)F)cc3)CC2)CC1. The van der Waals surface area contributed by atoms with Gasteiger partial charge in [0, 0.05) is 17.6 Å². The fourth-order valence-corrected chi connectivity index (χ4v) is 13.7. The Balaban J connectivity index is 1.49. The summed E-state index contributed by atoms with van der Waals surface area (Å²) in [6, 6.07) is 13.5. The van der Waals surface area contributed by atoms with Gasteiger partial charge in [-0.1, -0.05) is 68.5 Å². The molecule has 0 atom stereocenters. The van der Waals surface area contributed by atoms with Crippen LogP contribution < -0.4 is 0 Å². The molecule has 2 aliphatic heterocycles. The van der Waals surface area contributed by atoms with E-state index in [2.05, 4.69) is 6.92 Å². The van der Waals surface area contributed by atoms with E-state index >= 15 is 0 Å². The summed E-state index contributed by atoms with van der Waals surface area (Å²) in [7, 11) is -0.981. The van der Waals surface area contributed by atoms with Gasteiger partial charge in [-0.05, 0) is 42.0 Å². The molecule has 1 aromatic rings. The second kappa shape index (κ2) is 8.42. The number of hydrogen-bond donors (Lipinski definition) is 0. The van der Waals surface area contributed by atoms with Gasteiger partial charge in [-0.15, -0.1) is 0 Å². The first-order valence-electron chi connectivity index (χ1n) is 10.1. The summed E-state index contributed by atoms with van der Waals surface area (Å²) < 4.78 is 38.1. The Hall–Kier alpha value is -0.556. The van der Waals surface area contributed by atoms with Gasteiger partial charge in [-0.3, -0.25) is 0 Å². The Morgan fingerprint density at radius 1 is 0.920 bits per heavy atom. The second-order valence-electron chi connectivity index (χ2n) is 8.30. The molecule has 0 unspecified atom stereocenters. The number of benzene rings is 1. The number of rotatable bonds is 4. The summed E-state index contributed by atoms with van der Waals surface area (Å²) in [4.78, 5) is 0. The Kier molecular flexibility index (Phi) is 6.47. The van der Waals surface area contributed by atoms with E-state index in [9.17, 15) is 13.2 Å². The van der Waals surface area contributed by atoms with Crippen molar-refractivity contribution < 1.29 is 13.2 Å². The molecule has 0 aromatic heterocycles. The van der Waals surface area contributed by atoms with Crippen LogP contribution in [-0.4, -0.2) is 17.6 Å². The maximum atomic E-state index is 12.7. The summed E-state index contributed by atoms with van der Waals surface area (Å²) in [5, 5.41) is 0. The lowest BCUT2D eigenvalue weighted by atomic mass is 9.93. The van der Waals surface area contributed by atoms with Crippen molar-refractivity contribution in [2.24, 2.45) is 0 Å². The molecule has 0 bridgehead atoms. The molecule has 0 aliphatic carbocycles. The van der Waals surface area contributed by atoms with Crippen molar-refractivity contribution >= 4 is 17.6 Å². The highest BCUT2D eigenvalue weighted by molar-refractivity contribution is 6.63. The van der Waals surface area contributed by atoms with Crippen LogP contribution in [0.1, 0.15) is 56.1 Å². The van der Waals surface area contributed by atoms with Gasteiger partial charge in [0.1, 0.15) is 0 Å². The second-order valence-corrected chi connectivity index (χ2v) is 15.4. The van der Waals surface area contributed by atoms with E-state index in [1.54, 1.807) is 30.3 Å². The van der Waals surface area contributed by atoms with Gasteiger partial charge in [-0.25, -0.2) is 0 Å². The van der Waals surface area contributed by atoms with E-state index in [0.29, 0.717) is 5.92 Å². The Labute approximate surface area is 153 Å². The van der Waals surface area contributed by atoms with Crippen LogP contribution in [0.3, 0.4) is 0 Å². The summed E-state index contributed by atoms with van der Waals surface area (Å²) in [5.41, 5.74) is 1.68. The molecule has 1 aromatic carbocycles. The van der Waals surface area contributed by atoms with Crippen molar-refractivity contribution in [3.63, 3.8) is 0 Å². The van der Waals surface area contributed by atoms with Gasteiger partial charge < -0.3 is 0 Å². The van der Waals surface area contributed by atoms with Crippen molar-refractivity contribution in [3.8, 4) is 0 Å². The van der Waals surface area contributed by atoms with E-state index in [1.807, 2.05) is 0 Å². The van der Waals surface area contributed by atoms with Crippen LogP contribution in [0.15, 0.2) is 24.3 Å². The third-order valence-corrected chi connectivity index (χ3v) is 14.6. The maximum absolute atomic E-state index is 12.7. The lowest BCUT2D eigenvalue weighted by Gasteiger charge is -2.37. The van der Waals surface area contributed by atoms with Gasteiger partial charge in [0.25, 0.3) is 0 Å². The fraction of sp³-hybridized carbons (Fsp3) is 0.700. The minimum Gasteiger partial charge on any atom is -0.166 e. The first-order valence-corrected chi connectivity index (χ1v) is 14.9.